The summed E-state index contributed by atoms with van der Waals surface area (Å²) < 4.78 is 23.0. The predicted molar refractivity (Wildman–Crippen MR) is 74.3 cm³/mol. The molecule has 1 aromatic carbocycles. The second-order valence-electron chi connectivity index (χ2n) is 4.84. The van der Waals surface area contributed by atoms with Crippen molar-refractivity contribution in [2.75, 3.05) is 36.9 Å². The monoisotopic (exact) mass is 268 g/mol. The van der Waals surface area contributed by atoms with E-state index in [0.717, 1.165) is 31.6 Å². The van der Waals surface area contributed by atoms with Crippen LogP contribution in [-0.4, -0.2) is 44.5 Å². The molecule has 5 heteroatoms. The quantitative estimate of drug-likeness (QED) is 0.828. The van der Waals surface area contributed by atoms with Crippen LogP contribution in [0.2, 0.25) is 0 Å². The van der Waals surface area contributed by atoms with Crippen LogP contribution >= 0.6 is 0 Å². The molecule has 1 aliphatic heterocycles. The average molecular weight is 268 g/mol. The number of nitrogens with zero attached hydrogens (tertiary/aromatic N) is 1. The van der Waals surface area contributed by atoms with Crippen LogP contribution in [-0.2, 0) is 16.3 Å². The molecular weight excluding hydrogens is 248 g/mol. The summed E-state index contributed by atoms with van der Waals surface area (Å²) >= 11 is 0. The Labute approximate surface area is 109 Å². The van der Waals surface area contributed by atoms with E-state index < -0.39 is 9.84 Å². The van der Waals surface area contributed by atoms with Gasteiger partial charge in [-0.15, -0.1) is 0 Å². The van der Waals surface area contributed by atoms with Gasteiger partial charge in [0, 0.05) is 18.8 Å². The SMILES string of the molecule is Nc1ccc(CCN2CCCS(=O)(=O)CC2)cc1. The van der Waals surface area contributed by atoms with Crippen molar-refractivity contribution in [2.45, 2.75) is 12.8 Å². The van der Waals surface area contributed by atoms with Gasteiger partial charge in [-0.25, -0.2) is 8.42 Å². The minimum atomic E-state index is -2.80. The Morgan fingerprint density at radius 2 is 1.83 bits per heavy atom. The third-order valence-electron chi connectivity index (χ3n) is 3.34. The molecular formula is C13H20N2O2S. The Morgan fingerprint density at radius 1 is 1.11 bits per heavy atom. The van der Waals surface area contributed by atoms with Crippen molar-refractivity contribution in [3.05, 3.63) is 29.8 Å². The van der Waals surface area contributed by atoms with E-state index in [2.05, 4.69) is 4.90 Å². The summed E-state index contributed by atoms with van der Waals surface area (Å²) in [6.45, 7) is 2.46. The lowest BCUT2D eigenvalue weighted by Crippen LogP contribution is -2.29. The fraction of sp³-hybridized carbons (Fsp3) is 0.538. The van der Waals surface area contributed by atoms with Crippen molar-refractivity contribution >= 4 is 15.5 Å². The molecule has 4 nitrogen and oxygen atoms in total. The Kier molecular flexibility index (Phi) is 4.24. The minimum Gasteiger partial charge on any atom is -0.399 e. The lowest BCUT2D eigenvalue weighted by molar-refractivity contribution is 0.299. The zero-order valence-electron chi connectivity index (χ0n) is 10.5. The zero-order chi connectivity index (χ0) is 13.0. The van der Waals surface area contributed by atoms with Gasteiger partial charge in [-0.1, -0.05) is 12.1 Å². The van der Waals surface area contributed by atoms with E-state index in [4.69, 9.17) is 5.73 Å². The van der Waals surface area contributed by atoms with E-state index >= 15 is 0 Å². The average Bonchev–Trinajstić information content (AvgIpc) is 2.50. The van der Waals surface area contributed by atoms with Gasteiger partial charge < -0.3 is 10.6 Å². The maximum atomic E-state index is 11.5. The van der Waals surface area contributed by atoms with Crippen molar-refractivity contribution in [1.29, 1.82) is 0 Å². The third kappa shape index (κ3) is 3.99. The largest absolute Gasteiger partial charge is 0.399 e. The standard InChI is InChI=1S/C13H20N2O2S/c14-13-4-2-12(3-5-13)6-8-15-7-1-10-18(16,17)11-9-15/h2-5H,1,6-11,14H2. The van der Waals surface area contributed by atoms with Crippen LogP contribution in [0.5, 0.6) is 0 Å². The van der Waals surface area contributed by atoms with Gasteiger partial charge in [0.25, 0.3) is 0 Å². The first-order valence-corrected chi connectivity index (χ1v) is 8.14. The second-order valence-corrected chi connectivity index (χ2v) is 7.14. The van der Waals surface area contributed by atoms with E-state index in [0.29, 0.717) is 18.1 Å². The Balaban J connectivity index is 1.85. The number of benzene rings is 1. The van der Waals surface area contributed by atoms with Gasteiger partial charge in [0.2, 0.25) is 0 Å². The number of sulfone groups is 1. The van der Waals surface area contributed by atoms with Gasteiger partial charge in [0.15, 0.2) is 9.84 Å². The number of rotatable bonds is 3. The fourth-order valence-electron chi connectivity index (χ4n) is 2.19. The minimum absolute atomic E-state index is 0.300. The van der Waals surface area contributed by atoms with Crippen molar-refractivity contribution in [3.63, 3.8) is 0 Å². The molecule has 1 saturated heterocycles. The van der Waals surface area contributed by atoms with Crippen LogP contribution in [0, 0.1) is 0 Å². The molecule has 0 radical (unpaired) electrons. The number of nitrogen functional groups attached to an aromatic ring is 1. The molecule has 2 rings (SSSR count). The summed E-state index contributed by atoms with van der Waals surface area (Å²) in [5, 5.41) is 0. The molecule has 0 aromatic heterocycles. The van der Waals surface area contributed by atoms with E-state index in [9.17, 15) is 8.42 Å². The highest BCUT2D eigenvalue weighted by atomic mass is 32.2. The molecule has 0 spiro atoms. The normalized spacial score (nSPS) is 20.4. The summed E-state index contributed by atoms with van der Waals surface area (Å²) in [5.41, 5.74) is 7.66. The highest BCUT2D eigenvalue weighted by Crippen LogP contribution is 2.09. The first-order chi connectivity index (χ1) is 8.55. The highest BCUT2D eigenvalue weighted by Gasteiger charge is 2.18. The molecule has 1 heterocycles. The molecule has 1 fully saturated rings. The second kappa shape index (κ2) is 5.71. The lowest BCUT2D eigenvalue weighted by Gasteiger charge is -2.18. The summed E-state index contributed by atoms with van der Waals surface area (Å²) in [6.07, 6.45) is 1.70. The maximum Gasteiger partial charge on any atom is 0.151 e. The van der Waals surface area contributed by atoms with E-state index in [-0.39, 0.29) is 0 Å². The molecule has 2 N–H and O–H groups in total. The van der Waals surface area contributed by atoms with Gasteiger partial charge in [-0.2, -0.15) is 0 Å². The third-order valence-corrected chi connectivity index (χ3v) is 5.06. The van der Waals surface area contributed by atoms with Gasteiger partial charge in [-0.05, 0) is 37.1 Å². The molecule has 1 aromatic rings. The maximum absolute atomic E-state index is 11.5. The zero-order valence-corrected chi connectivity index (χ0v) is 11.3. The van der Waals surface area contributed by atoms with Crippen LogP contribution in [0.15, 0.2) is 24.3 Å². The van der Waals surface area contributed by atoms with E-state index in [1.807, 2.05) is 24.3 Å². The first kappa shape index (κ1) is 13.4. The Hall–Kier alpha value is -1.07. The molecule has 0 aliphatic carbocycles. The van der Waals surface area contributed by atoms with Crippen molar-refractivity contribution in [1.82, 2.24) is 4.90 Å². The molecule has 18 heavy (non-hydrogen) atoms. The van der Waals surface area contributed by atoms with Crippen LogP contribution in [0.4, 0.5) is 5.69 Å². The summed E-state index contributed by atoms with van der Waals surface area (Å²) in [4.78, 5) is 2.24. The van der Waals surface area contributed by atoms with Gasteiger partial charge in [0.05, 0.1) is 11.5 Å². The van der Waals surface area contributed by atoms with Crippen molar-refractivity contribution in [2.24, 2.45) is 0 Å². The molecule has 100 valence electrons. The van der Waals surface area contributed by atoms with Gasteiger partial charge >= 0.3 is 0 Å². The Bertz CT molecular complexity index is 482. The van der Waals surface area contributed by atoms with Gasteiger partial charge in [0.1, 0.15) is 0 Å². The number of hydrogen-bond donors (Lipinski definition) is 1. The number of anilines is 1. The molecule has 0 saturated carbocycles. The first-order valence-electron chi connectivity index (χ1n) is 6.32. The summed E-state index contributed by atoms with van der Waals surface area (Å²) in [6, 6.07) is 7.87. The van der Waals surface area contributed by atoms with Gasteiger partial charge in [-0.3, -0.25) is 0 Å². The summed E-state index contributed by atoms with van der Waals surface area (Å²) in [5.74, 6) is 0.639. The lowest BCUT2D eigenvalue weighted by atomic mass is 10.1. The van der Waals surface area contributed by atoms with Crippen LogP contribution < -0.4 is 5.73 Å². The van der Waals surface area contributed by atoms with E-state index in [1.54, 1.807) is 0 Å². The van der Waals surface area contributed by atoms with E-state index in [1.165, 1.54) is 5.56 Å². The molecule has 0 bridgehead atoms. The highest BCUT2D eigenvalue weighted by molar-refractivity contribution is 7.91. The van der Waals surface area contributed by atoms with Crippen molar-refractivity contribution in [3.8, 4) is 0 Å². The smallest absolute Gasteiger partial charge is 0.151 e. The van der Waals surface area contributed by atoms with Crippen molar-refractivity contribution < 1.29 is 8.42 Å². The molecule has 0 unspecified atom stereocenters. The molecule has 0 atom stereocenters. The topological polar surface area (TPSA) is 63.4 Å². The molecule has 0 amide bonds. The van der Waals surface area contributed by atoms with Crippen LogP contribution in [0.1, 0.15) is 12.0 Å². The van der Waals surface area contributed by atoms with Crippen LogP contribution in [0.3, 0.4) is 0 Å². The van der Waals surface area contributed by atoms with Crippen LogP contribution in [0.25, 0.3) is 0 Å². The fourth-order valence-corrected chi connectivity index (χ4v) is 3.49. The number of hydrogen-bond acceptors (Lipinski definition) is 4. The summed E-state index contributed by atoms with van der Waals surface area (Å²) in [7, 11) is -2.80. The molecule has 1 aliphatic rings. The predicted octanol–water partition coefficient (Wildman–Crippen LogP) is 0.932. The Morgan fingerprint density at radius 3 is 2.56 bits per heavy atom. The number of nitrogens with two attached hydrogens (primary N) is 1.